The summed E-state index contributed by atoms with van der Waals surface area (Å²) in [6.45, 7) is 0.895. The Morgan fingerprint density at radius 3 is 2.76 bits per heavy atom. The molecule has 116 valence electrons. The van der Waals surface area contributed by atoms with Crippen LogP contribution in [0.1, 0.15) is 5.56 Å². The van der Waals surface area contributed by atoms with E-state index in [1.807, 2.05) is 11.4 Å². The van der Waals surface area contributed by atoms with E-state index in [0.29, 0.717) is 6.54 Å². The summed E-state index contributed by atoms with van der Waals surface area (Å²) >= 11 is 4.95. The molecule has 1 fully saturated rings. The van der Waals surface area contributed by atoms with Gasteiger partial charge < -0.3 is 19.6 Å². The Balaban J connectivity index is 1.99. The molecule has 0 saturated carbocycles. The molecular formula is C13H17BrN2O4S. The van der Waals surface area contributed by atoms with Gasteiger partial charge in [0.05, 0.1) is 23.0 Å². The molecule has 0 spiro atoms. The molecule has 6 nitrogen and oxygen atoms in total. The van der Waals surface area contributed by atoms with Crippen molar-refractivity contribution in [3.63, 3.8) is 0 Å². The first-order chi connectivity index (χ1) is 9.90. The zero-order valence-corrected chi connectivity index (χ0v) is 14.2. The molecule has 1 N–H and O–H groups in total. The van der Waals surface area contributed by atoms with Crippen molar-refractivity contribution in [1.82, 2.24) is 9.80 Å². The number of carboxylic acids is 1. The van der Waals surface area contributed by atoms with Gasteiger partial charge in [-0.05, 0) is 32.9 Å². The molecule has 1 aromatic rings. The van der Waals surface area contributed by atoms with E-state index in [-0.39, 0.29) is 19.2 Å². The van der Waals surface area contributed by atoms with Crippen LogP contribution in [-0.2, 0) is 16.1 Å². The number of nitrogens with zero attached hydrogens (tertiary/aromatic N) is 2. The van der Waals surface area contributed by atoms with Crippen LogP contribution in [0.2, 0.25) is 0 Å². The molecule has 2 heterocycles. The summed E-state index contributed by atoms with van der Waals surface area (Å²) in [5.74, 6) is -1.59. The van der Waals surface area contributed by atoms with Gasteiger partial charge in [0.15, 0.2) is 0 Å². The number of carbonyl (C=O) groups excluding carboxylic acids is 1. The van der Waals surface area contributed by atoms with Gasteiger partial charge in [-0.3, -0.25) is 4.79 Å². The van der Waals surface area contributed by atoms with Crippen LogP contribution in [-0.4, -0.2) is 60.3 Å². The van der Waals surface area contributed by atoms with E-state index in [9.17, 15) is 9.59 Å². The normalized spacial score (nSPS) is 21.3. The van der Waals surface area contributed by atoms with Crippen molar-refractivity contribution < 1.29 is 19.4 Å². The Kier molecular flexibility index (Phi) is 5.23. The molecule has 1 saturated heterocycles. The van der Waals surface area contributed by atoms with Crippen molar-refractivity contribution in [3.8, 4) is 0 Å². The molecule has 8 heteroatoms. The van der Waals surface area contributed by atoms with E-state index in [1.54, 1.807) is 30.3 Å². The number of hydrogen-bond acceptors (Lipinski definition) is 4. The van der Waals surface area contributed by atoms with Crippen molar-refractivity contribution in [2.45, 2.75) is 12.6 Å². The largest absolute Gasteiger partial charge is 0.481 e. The smallest absolute Gasteiger partial charge is 0.320 e. The number of hydrogen-bond donors (Lipinski definition) is 1. The minimum absolute atomic E-state index is 0.152. The van der Waals surface area contributed by atoms with Crippen LogP contribution >= 0.6 is 27.3 Å². The SMILES string of the molecule is CN(Cc1csc(Br)c1)C(=O)N(C)C1COCC1C(=O)O. The predicted octanol–water partition coefficient (Wildman–Crippen LogP) is 2.09. The van der Waals surface area contributed by atoms with Gasteiger partial charge >= 0.3 is 12.0 Å². The monoisotopic (exact) mass is 376 g/mol. The van der Waals surface area contributed by atoms with Gasteiger partial charge in [0, 0.05) is 20.6 Å². The molecule has 2 unspecified atom stereocenters. The van der Waals surface area contributed by atoms with E-state index in [4.69, 9.17) is 9.84 Å². The average molecular weight is 377 g/mol. The van der Waals surface area contributed by atoms with Crippen LogP contribution in [0.3, 0.4) is 0 Å². The quantitative estimate of drug-likeness (QED) is 0.873. The number of likely N-dealkylation sites (N-methyl/N-ethyl adjacent to an activating group) is 1. The Bertz CT molecular complexity index is 536. The summed E-state index contributed by atoms with van der Waals surface area (Å²) in [4.78, 5) is 26.6. The van der Waals surface area contributed by atoms with Crippen molar-refractivity contribution in [1.29, 1.82) is 0 Å². The highest BCUT2D eigenvalue weighted by atomic mass is 79.9. The highest BCUT2D eigenvalue weighted by Crippen LogP contribution is 2.23. The maximum Gasteiger partial charge on any atom is 0.320 e. The number of urea groups is 1. The molecule has 2 rings (SSSR count). The molecule has 0 radical (unpaired) electrons. The van der Waals surface area contributed by atoms with Crippen LogP contribution < -0.4 is 0 Å². The molecule has 1 aliphatic heterocycles. The maximum absolute atomic E-state index is 12.4. The van der Waals surface area contributed by atoms with Gasteiger partial charge in [0.25, 0.3) is 0 Å². The number of halogens is 1. The first-order valence-electron chi connectivity index (χ1n) is 6.41. The fourth-order valence-electron chi connectivity index (χ4n) is 2.34. The summed E-state index contributed by atoms with van der Waals surface area (Å²) < 4.78 is 6.22. The van der Waals surface area contributed by atoms with Crippen LogP contribution in [0.4, 0.5) is 4.79 Å². The van der Waals surface area contributed by atoms with E-state index in [1.165, 1.54) is 4.90 Å². The topological polar surface area (TPSA) is 70.1 Å². The van der Waals surface area contributed by atoms with Gasteiger partial charge in [0.1, 0.15) is 5.92 Å². The fraction of sp³-hybridized carbons (Fsp3) is 0.538. The Morgan fingerprint density at radius 1 is 1.48 bits per heavy atom. The number of carboxylic acid groups (broad SMARTS) is 1. The molecule has 1 aromatic heterocycles. The molecule has 2 amide bonds. The first-order valence-corrected chi connectivity index (χ1v) is 8.08. The molecule has 1 aliphatic rings. The average Bonchev–Trinajstić information content (AvgIpc) is 3.05. The van der Waals surface area contributed by atoms with Crippen molar-refractivity contribution in [3.05, 3.63) is 20.8 Å². The predicted molar refractivity (Wildman–Crippen MR) is 82.4 cm³/mol. The highest BCUT2D eigenvalue weighted by molar-refractivity contribution is 9.11. The molecule has 0 aliphatic carbocycles. The number of amides is 2. The fourth-order valence-corrected chi connectivity index (χ4v) is 3.54. The lowest BCUT2D eigenvalue weighted by atomic mass is 10.0. The summed E-state index contributed by atoms with van der Waals surface area (Å²) in [5, 5.41) is 11.1. The van der Waals surface area contributed by atoms with Crippen molar-refractivity contribution in [2.75, 3.05) is 27.3 Å². The van der Waals surface area contributed by atoms with E-state index < -0.39 is 17.9 Å². The first kappa shape index (κ1) is 16.3. The molecule has 21 heavy (non-hydrogen) atoms. The van der Waals surface area contributed by atoms with Gasteiger partial charge in [-0.2, -0.15) is 0 Å². The Hall–Kier alpha value is -1.12. The van der Waals surface area contributed by atoms with Gasteiger partial charge in [-0.1, -0.05) is 0 Å². The van der Waals surface area contributed by atoms with Crippen molar-refractivity contribution in [2.24, 2.45) is 5.92 Å². The summed E-state index contributed by atoms with van der Waals surface area (Å²) in [6.07, 6.45) is 0. The van der Waals surface area contributed by atoms with Crippen LogP contribution in [0, 0.1) is 5.92 Å². The highest BCUT2D eigenvalue weighted by Gasteiger charge is 2.39. The lowest BCUT2D eigenvalue weighted by molar-refractivity contribution is -0.142. The summed E-state index contributed by atoms with van der Waals surface area (Å²) in [6, 6.07) is 1.33. The third-order valence-electron chi connectivity index (χ3n) is 3.53. The number of rotatable bonds is 4. The van der Waals surface area contributed by atoms with Gasteiger partial charge in [0.2, 0.25) is 0 Å². The van der Waals surface area contributed by atoms with E-state index >= 15 is 0 Å². The van der Waals surface area contributed by atoms with Crippen LogP contribution in [0.25, 0.3) is 0 Å². The zero-order valence-electron chi connectivity index (χ0n) is 11.8. The number of carbonyl (C=O) groups is 2. The Labute approximate surface area is 135 Å². The maximum atomic E-state index is 12.4. The second kappa shape index (κ2) is 6.76. The molecule has 2 atom stereocenters. The van der Waals surface area contributed by atoms with Crippen LogP contribution in [0.5, 0.6) is 0 Å². The van der Waals surface area contributed by atoms with E-state index in [0.717, 1.165) is 9.35 Å². The third kappa shape index (κ3) is 3.75. The minimum Gasteiger partial charge on any atom is -0.481 e. The van der Waals surface area contributed by atoms with Gasteiger partial charge in [-0.15, -0.1) is 11.3 Å². The zero-order chi connectivity index (χ0) is 15.6. The number of thiophene rings is 1. The number of aliphatic carboxylic acids is 1. The second-order valence-electron chi connectivity index (χ2n) is 5.06. The lowest BCUT2D eigenvalue weighted by Gasteiger charge is -2.30. The Morgan fingerprint density at radius 2 is 2.19 bits per heavy atom. The second-order valence-corrected chi connectivity index (χ2v) is 7.35. The summed E-state index contributed by atoms with van der Waals surface area (Å²) in [7, 11) is 3.33. The summed E-state index contributed by atoms with van der Waals surface area (Å²) in [5.41, 5.74) is 1.04. The lowest BCUT2D eigenvalue weighted by Crippen LogP contribution is -2.48. The van der Waals surface area contributed by atoms with E-state index in [2.05, 4.69) is 15.9 Å². The molecular weight excluding hydrogens is 360 g/mol. The molecule has 0 aromatic carbocycles. The van der Waals surface area contributed by atoms with Crippen molar-refractivity contribution >= 4 is 39.3 Å². The van der Waals surface area contributed by atoms with Gasteiger partial charge in [-0.25, -0.2) is 4.79 Å². The number of ether oxygens (including phenoxy) is 1. The molecule has 0 bridgehead atoms. The van der Waals surface area contributed by atoms with Crippen LogP contribution in [0.15, 0.2) is 15.2 Å². The minimum atomic E-state index is -0.929. The third-order valence-corrected chi connectivity index (χ3v) is 5.09. The standard InChI is InChI=1S/C13H17BrN2O4S/c1-15(4-8-3-11(14)21-7-8)13(19)16(2)10-6-20-5-9(10)12(17)18/h3,7,9-10H,4-6H2,1-2H3,(H,17,18).